The fraction of sp³-hybridized carbons (Fsp3) is 0.900. The lowest BCUT2D eigenvalue weighted by molar-refractivity contribution is -0.126. The summed E-state index contributed by atoms with van der Waals surface area (Å²) in [4.78, 5) is 15.3. The van der Waals surface area contributed by atoms with Crippen molar-refractivity contribution in [3.05, 3.63) is 0 Å². The van der Waals surface area contributed by atoms with Crippen molar-refractivity contribution in [2.45, 2.75) is 88.8 Å². The number of piperidine rings is 1. The molecule has 1 aliphatic heterocycles. The number of nitrogens with one attached hydrogen (secondary N) is 1. The first-order valence-electron chi connectivity index (χ1n) is 10.2. The van der Waals surface area contributed by atoms with Gasteiger partial charge < -0.3 is 10.4 Å². The van der Waals surface area contributed by atoms with Crippen molar-refractivity contribution in [1.29, 1.82) is 5.26 Å². The van der Waals surface area contributed by atoms with E-state index in [0.717, 1.165) is 64.5 Å². The molecule has 1 heterocycles. The van der Waals surface area contributed by atoms with E-state index in [9.17, 15) is 15.2 Å². The van der Waals surface area contributed by atoms with Gasteiger partial charge in [0.05, 0.1) is 12.2 Å². The highest BCUT2D eigenvalue weighted by atomic mass is 16.3. The molecule has 4 fully saturated rings. The Balaban J connectivity index is 1.30. The summed E-state index contributed by atoms with van der Waals surface area (Å²) >= 11 is 0. The molecule has 0 aromatic rings. The highest BCUT2D eigenvalue weighted by molar-refractivity contribution is 5.90. The molecular formula is C20H31N3O2. The number of nitriles is 1. The number of aliphatic hydroxyl groups is 1. The Kier molecular flexibility index (Phi) is 4.54. The first kappa shape index (κ1) is 17.3. The van der Waals surface area contributed by atoms with Gasteiger partial charge in [0, 0.05) is 30.6 Å². The van der Waals surface area contributed by atoms with Crippen molar-refractivity contribution in [1.82, 2.24) is 10.2 Å². The molecule has 3 saturated carbocycles. The highest BCUT2D eigenvalue weighted by Gasteiger charge is 2.72. The van der Waals surface area contributed by atoms with Crippen molar-refractivity contribution in [3.63, 3.8) is 0 Å². The van der Waals surface area contributed by atoms with Gasteiger partial charge in [0.15, 0.2) is 0 Å². The molecular weight excluding hydrogens is 314 g/mol. The van der Waals surface area contributed by atoms with E-state index < -0.39 is 5.41 Å². The van der Waals surface area contributed by atoms with Gasteiger partial charge >= 0.3 is 0 Å². The lowest BCUT2D eigenvalue weighted by Crippen LogP contribution is -2.53. The van der Waals surface area contributed by atoms with Crippen LogP contribution < -0.4 is 5.32 Å². The fourth-order valence-electron chi connectivity index (χ4n) is 5.85. The lowest BCUT2D eigenvalue weighted by Gasteiger charge is -2.41. The summed E-state index contributed by atoms with van der Waals surface area (Å²) in [6, 6.07) is 2.88. The number of nitrogens with zero attached hydrogens (tertiary/aromatic N) is 2. The second kappa shape index (κ2) is 6.55. The van der Waals surface area contributed by atoms with Crippen LogP contribution in [0.5, 0.6) is 0 Å². The summed E-state index contributed by atoms with van der Waals surface area (Å²) in [5, 5.41) is 23.1. The van der Waals surface area contributed by atoms with E-state index in [1.54, 1.807) is 0 Å². The second-order valence-electron chi connectivity index (χ2n) is 8.88. The summed E-state index contributed by atoms with van der Waals surface area (Å²) in [6.45, 7) is 1.88. The van der Waals surface area contributed by atoms with Gasteiger partial charge in [-0.3, -0.25) is 9.69 Å². The predicted molar refractivity (Wildman–Crippen MR) is 94.6 cm³/mol. The Bertz CT molecular complexity index is 558. The Labute approximate surface area is 150 Å². The Morgan fingerprint density at radius 2 is 1.76 bits per heavy atom. The summed E-state index contributed by atoms with van der Waals surface area (Å²) < 4.78 is 0. The molecule has 3 atom stereocenters. The maximum atomic E-state index is 12.8. The van der Waals surface area contributed by atoms with E-state index >= 15 is 0 Å². The second-order valence-corrected chi connectivity index (χ2v) is 8.88. The lowest BCUT2D eigenvalue weighted by atomic mass is 9.89. The third-order valence-corrected chi connectivity index (χ3v) is 7.55. The first-order chi connectivity index (χ1) is 12.1. The number of rotatable bonds is 3. The number of hydrogen-bond donors (Lipinski definition) is 2. The van der Waals surface area contributed by atoms with E-state index in [4.69, 9.17) is 0 Å². The van der Waals surface area contributed by atoms with E-state index in [2.05, 4.69) is 16.3 Å². The molecule has 4 rings (SSSR count). The molecule has 3 unspecified atom stereocenters. The molecule has 3 aliphatic carbocycles. The van der Waals surface area contributed by atoms with Crippen molar-refractivity contribution < 1.29 is 9.90 Å². The maximum absolute atomic E-state index is 12.8. The quantitative estimate of drug-likeness (QED) is 0.823. The number of carbonyl (C=O) groups excluding carboxylic acids is 1. The van der Waals surface area contributed by atoms with Gasteiger partial charge in [-0.1, -0.05) is 25.7 Å². The minimum Gasteiger partial charge on any atom is -0.391 e. The van der Waals surface area contributed by atoms with Crippen molar-refractivity contribution in [2.75, 3.05) is 13.1 Å². The summed E-state index contributed by atoms with van der Waals surface area (Å²) in [6.07, 6.45) is 11.3. The molecule has 1 amide bonds. The van der Waals surface area contributed by atoms with E-state index in [1.807, 2.05) is 0 Å². The molecule has 0 aromatic carbocycles. The minimum atomic E-state index is -0.736. The first-order valence-corrected chi connectivity index (χ1v) is 10.2. The van der Waals surface area contributed by atoms with Gasteiger partial charge in [-0.25, -0.2) is 0 Å². The van der Waals surface area contributed by atoms with Crippen LogP contribution in [0.3, 0.4) is 0 Å². The van der Waals surface area contributed by atoms with Crippen LogP contribution in [0, 0.1) is 22.2 Å². The Hall–Kier alpha value is -1.12. The average molecular weight is 345 g/mol. The molecule has 4 aliphatic rings. The standard InChI is InChI=1S/C20H31N3O2/c21-14-20(13-19(20)9-3-4-10-19)18(25)22-15-7-11-23(12-8-15)16-5-1-2-6-17(16)24/h15-17,24H,1-13H2,(H,22,25). The van der Waals surface area contributed by atoms with Gasteiger partial charge in [-0.15, -0.1) is 0 Å². The predicted octanol–water partition coefficient (Wildman–Crippen LogP) is 2.34. The van der Waals surface area contributed by atoms with Crippen molar-refractivity contribution >= 4 is 5.91 Å². The van der Waals surface area contributed by atoms with Gasteiger partial charge in [0.1, 0.15) is 5.41 Å². The molecule has 138 valence electrons. The molecule has 2 N–H and O–H groups in total. The van der Waals surface area contributed by atoms with Gasteiger partial charge in [0.25, 0.3) is 0 Å². The zero-order valence-electron chi connectivity index (χ0n) is 15.2. The molecule has 1 saturated heterocycles. The zero-order chi connectivity index (χ0) is 17.5. The van der Waals surface area contributed by atoms with Crippen LogP contribution in [0.1, 0.15) is 70.6 Å². The molecule has 5 nitrogen and oxygen atoms in total. The third kappa shape index (κ3) is 2.88. The van der Waals surface area contributed by atoms with Crippen LogP contribution in [-0.4, -0.2) is 47.2 Å². The van der Waals surface area contributed by atoms with E-state index in [0.29, 0.717) is 6.04 Å². The highest BCUT2D eigenvalue weighted by Crippen LogP contribution is 2.71. The molecule has 0 aromatic heterocycles. The van der Waals surface area contributed by atoms with Crippen LogP contribution in [0.2, 0.25) is 0 Å². The largest absolute Gasteiger partial charge is 0.391 e. The van der Waals surface area contributed by atoms with Crippen molar-refractivity contribution in [2.24, 2.45) is 10.8 Å². The van der Waals surface area contributed by atoms with Crippen LogP contribution in [-0.2, 0) is 4.79 Å². The molecule has 1 spiro atoms. The fourth-order valence-corrected chi connectivity index (χ4v) is 5.85. The smallest absolute Gasteiger partial charge is 0.241 e. The SMILES string of the molecule is N#CC1(C(=O)NC2CCN(C3CCCCC3O)CC2)CC12CCCC2. The summed E-state index contributed by atoms with van der Waals surface area (Å²) in [7, 11) is 0. The number of aliphatic hydroxyl groups excluding tert-OH is 1. The number of amides is 1. The maximum Gasteiger partial charge on any atom is 0.241 e. The number of hydrogen-bond acceptors (Lipinski definition) is 4. The van der Waals surface area contributed by atoms with Crippen molar-refractivity contribution in [3.8, 4) is 6.07 Å². The Morgan fingerprint density at radius 1 is 1.08 bits per heavy atom. The average Bonchev–Trinajstić information content (AvgIpc) is 3.02. The monoisotopic (exact) mass is 345 g/mol. The summed E-state index contributed by atoms with van der Waals surface area (Å²) in [5.41, 5.74) is -0.737. The number of carbonyl (C=O) groups is 1. The van der Waals surface area contributed by atoms with Gasteiger partial charge in [-0.05, 0) is 44.9 Å². The van der Waals surface area contributed by atoms with Crippen LogP contribution in [0.15, 0.2) is 0 Å². The van der Waals surface area contributed by atoms with Gasteiger partial charge in [0.2, 0.25) is 5.91 Å². The van der Waals surface area contributed by atoms with Crippen LogP contribution in [0.25, 0.3) is 0 Å². The topological polar surface area (TPSA) is 76.4 Å². The summed E-state index contributed by atoms with van der Waals surface area (Å²) in [5.74, 6) is -0.00643. The normalized spacial score (nSPS) is 38.4. The third-order valence-electron chi connectivity index (χ3n) is 7.55. The molecule has 0 radical (unpaired) electrons. The van der Waals surface area contributed by atoms with Crippen LogP contribution in [0.4, 0.5) is 0 Å². The number of likely N-dealkylation sites (tertiary alicyclic amines) is 1. The molecule has 25 heavy (non-hydrogen) atoms. The minimum absolute atomic E-state index is 0.00125. The van der Waals surface area contributed by atoms with Gasteiger partial charge in [-0.2, -0.15) is 5.26 Å². The zero-order valence-corrected chi connectivity index (χ0v) is 15.2. The molecule has 5 heteroatoms. The molecule has 0 bridgehead atoms. The van der Waals surface area contributed by atoms with E-state index in [-0.39, 0.29) is 23.5 Å². The van der Waals surface area contributed by atoms with E-state index in [1.165, 1.54) is 19.3 Å². The van der Waals surface area contributed by atoms with Crippen LogP contribution >= 0.6 is 0 Å². The Morgan fingerprint density at radius 3 is 2.40 bits per heavy atom.